The normalized spacial score (nSPS) is 31.1. The highest BCUT2D eigenvalue weighted by molar-refractivity contribution is 4.90. The zero-order valence-electron chi connectivity index (χ0n) is 11.9. The molecular formula is C14H30N2. The molecule has 0 amide bonds. The Balaban J connectivity index is 0.000000386. The van der Waals surface area contributed by atoms with Crippen molar-refractivity contribution in [1.29, 1.82) is 0 Å². The number of likely N-dealkylation sites (tertiary alicyclic amines) is 2. The van der Waals surface area contributed by atoms with Crippen LogP contribution in [0.1, 0.15) is 40.5 Å². The summed E-state index contributed by atoms with van der Waals surface area (Å²) in [4.78, 5) is 5.14. The number of fused-ring (bicyclic) bond motifs is 1. The molecule has 2 aliphatic heterocycles. The molecule has 0 aromatic rings. The van der Waals surface area contributed by atoms with Gasteiger partial charge in [-0.3, -0.25) is 0 Å². The van der Waals surface area contributed by atoms with E-state index in [0.717, 1.165) is 17.9 Å². The van der Waals surface area contributed by atoms with Gasteiger partial charge in [-0.1, -0.05) is 20.3 Å². The van der Waals surface area contributed by atoms with Crippen molar-refractivity contribution >= 4 is 0 Å². The number of piperidine rings is 1. The number of hydrogen-bond acceptors (Lipinski definition) is 2. The molecule has 16 heavy (non-hydrogen) atoms. The Bertz CT molecular complexity index is 191. The highest BCUT2D eigenvalue weighted by atomic mass is 15.2. The van der Waals surface area contributed by atoms with Gasteiger partial charge in [-0.2, -0.15) is 0 Å². The topological polar surface area (TPSA) is 6.48 Å². The summed E-state index contributed by atoms with van der Waals surface area (Å²) in [5.74, 6) is 1.96. The Morgan fingerprint density at radius 1 is 1.06 bits per heavy atom. The molecule has 0 aliphatic carbocycles. The molecule has 2 aliphatic rings. The van der Waals surface area contributed by atoms with Crippen molar-refractivity contribution in [3.63, 3.8) is 0 Å². The van der Waals surface area contributed by atoms with Crippen molar-refractivity contribution in [3.05, 3.63) is 0 Å². The van der Waals surface area contributed by atoms with Gasteiger partial charge in [0.25, 0.3) is 0 Å². The third kappa shape index (κ3) is 3.74. The van der Waals surface area contributed by atoms with Crippen LogP contribution in [0.2, 0.25) is 0 Å². The molecule has 0 radical (unpaired) electrons. The molecular weight excluding hydrogens is 196 g/mol. The average Bonchev–Trinajstić information content (AvgIpc) is 2.61. The van der Waals surface area contributed by atoms with Crippen LogP contribution in [0.4, 0.5) is 0 Å². The summed E-state index contributed by atoms with van der Waals surface area (Å²) in [7, 11) is 2.26. The summed E-state index contributed by atoms with van der Waals surface area (Å²) in [6, 6.07) is 0.746. The van der Waals surface area contributed by atoms with Gasteiger partial charge in [-0.15, -0.1) is 0 Å². The Hall–Kier alpha value is -0.0800. The second kappa shape index (κ2) is 6.61. The van der Waals surface area contributed by atoms with Crippen molar-refractivity contribution in [2.45, 2.75) is 46.6 Å². The first kappa shape index (κ1) is 14.0. The van der Waals surface area contributed by atoms with Gasteiger partial charge in [0, 0.05) is 25.7 Å². The van der Waals surface area contributed by atoms with Gasteiger partial charge in [-0.05, 0) is 45.7 Å². The lowest BCUT2D eigenvalue weighted by atomic mass is 9.89. The Kier molecular flexibility index (Phi) is 5.77. The third-order valence-electron chi connectivity index (χ3n) is 3.76. The molecule has 0 aromatic carbocycles. The van der Waals surface area contributed by atoms with E-state index >= 15 is 0 Å². The van der Waals surface area contributed by atoms with E-state index in [9.17, 15) is 0 Å². The van der Waals surface area contributed by atoms with Gasteiger partial charge >= 0.3 is 0 Å². The highest BCUT2D eigenvalue weighted by Gasteiger charge is 2.36. The van der Waals surface area contributed by atoms with E-state index < -0.39 is 0 Å². The van der Waals surface area contributed by atoms with Gasteiger partial charge in [0.05, 0.1) is 0 Å². The van der Waals surface area contributed by atoms with Crippen molar-refractivity contribution in [3.8, 4) is 0 Å². The van der Waals surface area contributed by atoms with Crippen LogP contribution in [0.5, 0.6) is 0 Å². The quantitative estimate of drug-likeness (QED) is 0.678. The molecule has 0 spiro atoms. The second-order valence-corrected chi connectivity index (χ2v) is 5.83. The van der Waals surface area contributed by atoms with E-state index in [1.807, 2.05) is 0 Å². The van der Waals surface area contributed by atoms with Gasteiger partial charge < -0.3 is 9.80 Å². The minimum absolute atomic E-state index is 0.746. The van der Waals surface area contributed by atoms with Crippen molar-refractivity contribution in [2.75, 3.05) is 33.2 Å². The number of hydrogen-bond donors (Lipinski definition) is 0. The minimum atomic E-state index is 0.746. The fourth-order valence-corrected chi connectivity index (χ4v) is 2.81. The lowest BCUT2D eigenvalue weighted by Crippen LogP contribution is -2.37. The molecule has 0 N–H and O–H groups in total. The van der Waals surface area contributed by atoms with Crippen molar-refractivity contribution in [2.24, 2.45) is 11.8 Å². The molecule has 2 saturated heterocycles. The lowest BCUT2D eigenvalue weighted by molar-refractivity contribution is 0.178. The van der Waals surface area contributed by atoms with Crippen LogP contribution < -0.4 is 0 Å². The molecule has 2 rings (SSSR count). The minimum Gasteiger partial charge on any atom is -0.306 e. The fourth-order valence-electron chi connectivity index (χ4n) is 2.81. The highest BCUT2D eigenvalue weighted by Crippen LogP contribution is 2.31. The van der Waals surface area contributed by atoms with Crippen LogP contribution >= 0.6 is 0 Å². The maximum Gasteiger partial charge on any atom is 0.00388 e. The molecule has 96 valence electrons. The fraction of sp³-hybridized carbons (Fsp3) is 1.00. The van der Waals surface area contributed by atoms with E-state index in [4.69, 9.17) is 0 Å². The monoisotopic (exact) mass is 226 g/mol. The second-order valence-electron chi connectivity index (χ2n) is 5.83. The zero-order chi connectivity index (χ0) is 12.1. The maximum absolute atomic E-state index is 2.65. The lowest BCUT2D eigenvalue weighted by Gasteiger charge is -2.31. The summed E-state index contributed by atoms with van der Waals surface area (Å²) < 4.78 is 0. The molecule has 2 atom stereocenters. The van der Waals surface area contributed by atoms with Crippen LogP contribution in [0.25, 0.3) is 0 Å². The Morgan fingerprint density at radius 3 is 2.19 bits per heavy atom. The first-order chi connectivity index (χ1) is 7.58. The summed E-state index contributed by atoms with van der Waals surface area (Å²) in [5, 5.41) is 0. The largest absolute Gasteiger partial charge is 0.306 e. The van der Waals surface area contributed by atoms with E-state index in [0.29, 0.717) is 0 Å². The summed E-state index contributed by atoms with van der Waals surface area (Å²) >= 11 is 0. The summed E-state index contributed by atoms with van der Waals surface area (Å²) in [5.41, 5.74) is 0. The first-order valence-corrected chi connectivity index (χ1v) is 7.01. The predicted octanol–water partition coefficient (Wildman–Crippen LogP) is 2.69. The molecule has 0 bridgehead atoms. The molecule has 2 nitrogen and oxygen atoms in total. The molecule has 0 saturated carbocycles. The molecule has 0 aromatic heterocycles. The number of nitrogens with zero attached hydrogens (tertiary/aromatic N) is 2. The van der Waals surface area contributed by atoms with Gasteiger partial charge in [0.1, 0.15) is 0 Å². The van der Waals surface area contributed by atoms with Gasteiger partial charge in [-0.25, -0.2) is 0 Å². The molecule has 2 fully saturated rings. The third-order valence-corrected chi connectivity index (χ3v) is 3.76. The molecule has 0 unspecified atom stereocenters. The van der Waals surface area contributed by atoms with Gasteiger partial charge in [0.15, 0.2) is 0 Å². The van der Waals surface area contributed by atoms with E-state index in [1.165, 1.54) is 39.0 Å². The average molecular weight is 226 g/mol. The SMILES string of the molecule is CC(C)N1C[C@H]2CN(C)CC[C@H]2C1.CCC. The summed E-state index contributed by atoms with van der Waals surface area (Å²) in [6.07, 6.45) is 2.67. The molecule has 2 heteroatoms. The Morgan fingerprint density at radius 2 is 1.62 bits per heavy atom. The van der Waals surface area contributed by atoms with E-state index in [1.54, 1.807) is 0 Å². The smallest absolute Gasteiger partial charge is 0.00388 e. The maximum atomic E-state index is 2.65. The van der Waals surface area contributed by atoms with Gasteiger partial charge in [0.2, 0.25) is 0 Å². The van der Waals surface area contributed by atoms with Crippen molar-refractivity contribution < 1.29 is 0 Å². The van der Waals surface area contributed by atoms with E-state index in [-0.39, 0.29) is 0 Å². The summed E-state index contributed by atoms with van der Waals surface area (Å²) in [6.45, 7) is 14.2. The van der Waals surface area contributed by atoms with Crippen molar-refractivity contribution in [1.82, 2.24) is 9.80 Å². The van der Waals surface area contributed by atoms with Crippen LogP contribution in [0.15, 0.2) is 0 Å². The number of rotatable bonds is 1. The van der Waals surface area contributed by atoms with E-state index in [2.05, 4.69) is 44.5 Å². The first-order valence-electron chi connectivity index (χ1n) is 7.01. The Labute approximate surface area is 102 Å². The zero-order valence-corrected chi connectivity index (χ0v) is 11.9. The standard InChI is InChI=1S/C11H22N2.C3H8/c1-9(2)13-7-10-4-5-12(3)6-11(10)8-13;1-3-2/h9-11H,4-8H2,1-3H3;3H2,1-2H3/t10-,11+;/m0./s1. The predicted molar refractivity (Wildman–Crippen MR) is 71.8 cm³/mol. The van der Waals surface area contributed by atoms with Crippen LogP contribution in [0, 0.1) is 11.8 Å². The molecule has 2 heterocycles. The van der Waals surface area contributed by atoms with Crippen LogP contribution in [-0.4, -0.2) is 49.1 Å². The van der Waals surface area contributed by atoms with Crippen LogP contribution in [0.3, 0.4) is 0 Å². The van der Waals surface area contributed by atoms with Crippen LogP contribution in [-0.2, 0) is 0 Å².